The highest BCUT2D eigenvalue weighted by Crippen LogP contribution is 2.38. The molecule has 0 spiro atoms. The first-order chi connectivity index (χ1) is 19.6. The number of hydrogen-bond donors (Lipinski definition) is 0. The maximum atomic E-state index is 13.7. The molecule has 41 heavy (non-hydrogen) atoms. The van der Waals surface area contributed by atoms with Crippen molar-refractivity contribution in [2.75, 3.05) is 32.7 Å². The molecule has 1 aromatic carbocycles. The van der Waals surface area contributed by atoms with Crippen molar-refractivity contribution in [1.29, 1.82) is 10.5 Å². The number of carbonyl (C=O) groups is 2. The highest BCUT2D eigenvalue weighted by atomic mass is 16.2. The van der Waals surface area contributed by atoms with Crippen molar-refractivity contribution in [2.24, 2.45) is 11.3 Å². The van der Waals surface area contributed by atoms with Gasteiger partial charge in [0.25, 0.3) is 0 Å². The van der Waals surface area contributed by atoms with Crippen molar-refractivity contribution < 1.29 is 9.59 Å². The molecule has 2 fully saturated rings. The van der Waals surface area contributed by atoms with Gasteiger partial charge in [-0.3, -0.25) is 14.5 Å². The summed E-state index contributed by atoms with van der Waals surface area (Å²) in [5.41, 5.74) is 3.74. The molecule has 2 amide bonds. The number of piperazine rings is 1. The van der Waals surface area contributed by atoms with Crippen LogP contribution in [0, 0.1) is 34.0 Å². The van der Waals surface area contributed by atoms with E-state index < -0.39 is 0 Å². The number of likely N-dealkylation sites (tertiary alicyclic amines) is 1. The first-order valence-electron chi connectivity index (χ1n) is 15.2. The number of nitrogens with zero attached hydrogens (tertiary/aromatic N) is 5. The Morgan fingerprint density at radius 2 is 1.61 bits per heavy atom. The molecule has 0 radical (unpaired) electrons. The second-order valence-corrected chi connectivity index (χ2v) is 12.3. The zero-order chi connectivity index (χ0) is 30.2. The van der Waals surface area contributed by atoms with Crippen molar-refractivity contribution in [3.05, 3.63) is 58.7 Å². The van der Waals surface area contributed by atoms with Gasteiger partial charge in [0.05, 0.1) is 23.7 Å². The van der Waals surface area contributed by atoms with Gasteiger partial charge in [-0.1, -0.05) is 52.8 Å². The molecule has 4 rings (SSSR count). The van der Waals surface area contributed by atoms with Gasteiger partial charge < -0.3 is 9.80 Å². The normalized spacial score (nSPS) is 20.9. The lowest BCUT2D eigenvalue weighted by Gasteiger charge is -2.50. The number of carbonyl (C=O) groups excluding carboxylic acids is 2. The molecule has 3 aliphatic rings. The Balaban J connectivity index is 0.00000226. The summed E-state index contributed by atoms with van der Waals surface area (Å²) in [5, 5.41) is 18.7. The summed E-state index contributed by atoms with van der Waals surface area (Å²) >= 11 is 0. The Morgan fingerprint density at radius 3 is 2.12 bits per heavy atom. The third-order valence-corrected chi connectivity index (χ3v) is 8.65. The van der Waals surface area contributed by atoms with Crippen LogP contribution in [0.25, 0.3) is 0 Å². The molecule has 2 atom stereocenters. The first kappa shape index (κ1) is 32.1. The van der Waals surface area contributed by atoms with Crippen molar-refractivity contribution in [2.45, 2.75) is 85.7 Å². The zero-order valence-corrected chi connectivity index (χ0v) is 25.8. The SMILES string of the molecule is CC.CC(=O)N1CCC(CC(=O)N2CCN(C(C3=CC=C(C#N)CC3)c3ccc(C#N)cc3)CC2C(C)(C)C)CC1. The number of hydrogen-bond acceptors (Lipinski definition) is 5. The van der Waals surface area contributed by atoms with Crippen LogP contribution in [-0.2, 0) is 9.59 Å². The van der Waals surface area contributed by atoms with Crippen LogP contribution < -0.4 is 0 Å². The summed E-state index contributed by atoms with van der Waals surface area (Å²) in [6, 6.07) is 12.4. The van der Waals surface area contributed by atoms with E-state index in [1.54, 1.807) is 6.92 Å². The van der Waals surface area contributed by atoms with Crippen LogP contribution in [0.1, 0.15) is 90.8 Å². The molecule has 7 heteroatoms. The van der Waals surface area contributed by atoms with Crippen LogP contribution in [0.2, 0.25) is 0 Å². The predicted octanol–water partition coefficient (Wildman–Crippen LogP) is 6.00. The average molecular weight is 558 g/mol. The van der Waals surface area contributed by atoms with Crippen LogP contribution in [0.15, 0.2) is 47.6 Å². The van der Waals surface area contributed by atoms with Gasteiger partial charge in [0.15, 0.2) is 0 Å². The second-order valence-electron chi connectivity index (χ2n) is 12.3. The largest absolute Gasteiger partial charge is 0.343 e. The fraction of sp³-hybridized carbons (Fsp3) is 0.588. The molecule has 0 aromatic heterocycles. The van der Waals surface area contributed by atoms with Crippen molar-refractivity contribution in [3.63, 3.8) is 0 Å². The Morgan fingerprint density at radius 1 is 0.951 bits per heavy atom. The van der Waals surface area contributed by atoms with E-state index in [0.717, 1.165) is 63.0 Å². The van der Waals surface area contributed by atoms with Gasteiger partial charge in [-0.15, -0.1) is 0 Å². The minimum Gasteiger partial charge on any atom is -0.343 e. The molecular formula is C34H47N5O2. The van der Waals surface area contributed by atoms with Crippen molar-refractivity contribution in [3.8, 4) is 12.1 Å². The average Bonchev–Trinajstić information content (AvgIpc) is 2.99. The van der Waals surface area contributed by atoms with Crippen LogP contribution in [0.3, 0.4) is 0 Å². The Labute approximate surface area is 247 Å². The Hall–Kier alpha value is -3.42. The van der Waals surface area contributed by atoms with Gasteiger partial charge in [-0.05, 0) is 66.4 Å². The number of nitriles is 2. The smallest absolute Gasteiger partial charge is 0.223 e. The number of amides is 2. The van der Waals surface area contributed by atoms with Gasteiger partial charge in [0.1, 0.15) is 0 Å². The summed E-state index contributed by atoms with van der Waals surface area (Å²) in [6.07, 6.45) is 7.92. The van der Waals surface area contributed by atoms with E-state index in [4.69, 9.17) is 0 Å². The van der Waals surface area contributed by atoms with Crippen molar-refractivity contribution >= 4 is 11.8 Å². The van der Waals surface area contributed by atoms with Crippen LogP contribution in [-0.4, -0.2) is 65.3 Å². The summed E-state index contributed by atoms with van der Waals surface area (Å²) < 4.78 is 0. The van der Waals surface area contributed by atoms with Gasteiger partial charge in [0.2, 0.25) is 11.8 Å². The molecule has 2 heterocycles. The van der Waals surface area contributed by atoms with Crippen LogP contribution in [0.4, 0.5) is 0 Å². The van der Waals surface area contributed by atoms with E-state index >= 15 is 0 Å². The van der Waals surface area contributed by atoms with Gasteiger partial charge in [0, 0.05) is 57.7 Å². The molecule has 2 saturated heterocycles. The molecule has 0 N–H and O–H groups in total. The fourth-order valence-electron chi connectivity index (χ4n) is 6.27. The quantitative estimate of drug-likeness (QED) is 0.443. The second kappa shape index (κ2) is 14.5. The molecule has 1 aromatic rings. The van der Waals surface area contributed by atoms with Gasteiger partial charge >= 0.3 is 0 Å². The van der Waals surface area contributed by atoms with Crippen molar-refractivity contribution in [1.82, 2.24) is 14.7 Å². The summed E-state index contributed by atoms with van der Waals surface area (Å²) in [6.45, 7) is 15.9. The lowest BCUT2D eigenvalue weighted by molar-refractivity contribution is -0.141. The van der Waals surface area contributed by atoms with Gasteiger partial charge in [-0.2, -0.15) is 10.5 Å². The van der Waals surface area contributed by atoms with E-state index in [2.05, 4.69) is 48.8 Å². The molecule has 2 unspecified atom stereocenters. The van der Waals surface area contributed by atoms with E-state index in [9.17, 15) is 20.1 Å². The highest BCUT2D eigenvalue weighted by Gasteiger charge is 2.41. The summed E-state index contributed by atoms with van der Waals surface area (Å²) in [7, 11) is 0. The summed E-state index contributed by atoms with van der Waals surface area (Å²) in [4.78, 5) is 31.9. The molecule has 7 nitrogen and oxygen atoms in total. The molecule has 220 valence electrons. The monoisotopic (exact) mass is 557 g/mol. The van der Waals surface area contributed by atoms with Crippen LogP contribution >= 0.6 is 0 Å². The third kappa shape index (κ3) is 8.08. The minimum absolute atomic E-state index is 0.0345. The maximum absolute atomic E-state index is 13.7. The van der Waals surface area contributed by atoms with E-state index in [0.29, 0.717) is 24.4 Å². The lowest BCUT2D eigenvalue weighted by Crippen LogP contribution is -2.60. The zero-order valence-electron chi connectivity index (χ0n) is 25.8. The molecule has 1 aliphatic carbocycles. The number of allylic oxidation sites excluding steroid dienone is 3. The Bertz CT molecular complexity index is 1200. The van der Waals surface area contributed by atoms with E-state index in [1.165, 1.54) is 5.57 Å². The summed E-state index contributed by atoms with van der Waals surface area (Å²) in [5.74, 6) is 0.670. The first-order valence-corrected chi connectivity index (χ1v) is 15.2. The predicted molar refractivity (Wildman–Crippen MR) is 162 cm³/mol. The molecular weight excluding hydrogens is 510 g/mol. The number of benzene rings is 1. The van der Waals surface area contributed by atoms with E-state index in [-0.39, 0.29) is 29.3 Å². The maximum Gasteiger partial charge on any atom is 0.223 e. The standard InChI is InChI=1S/C32H41N5O2.C2H6/c1-23(38)35-15-13-24(14-16-35)19-30(39)37-18-17-36(22-29(37)32(2,3)4)31(27-9-5-25(20-33)6-10-27)28-11-7-26(21-34)8-12-28;1-2/h5-7,9-11,24,29,31H,8,12-19,22H2,1-4H3;1-2H3. The fourth-order valence-corrected chi connectivity index (χ4v) is 6.27. The topological polar surface area (TPSA) is 91.4 Å². The third-order valence-electron chi connectivity index (χ3n) is 8.65. The molecule has 0 saturated carbocycles. The van der Waals surface area contributed by atoms with Crippen LogP contribution in [0.5, 0.6) is 0 Å². The Kier molecular flexibility index (Phi) is 11.3. The van der Waals surface area contributed by atoms with E-state index in [1.807, 2.05) is 49.1 Å². The molecule has 0 bridgehead atoms. The minimum atomic E-state index is -0.101. The molecule has 2 aliphatic heterocycles. The number of rotatable bonds is 5. The lowest BCUT2D eigenvalue weighted by atomic mass is 9.81. The highest BCUT2D eigenvalue weighted by molar-refractivity contribution is 5.77. The number of piperidine rings is 1. The van der Waals surface area contributed by atoms with Gasteiger partial charge in [-0.25, -0.2) is 0 Å².